The number of nitrogens with zero attached hydrogens (tertiary/aromatic N) is 3. The van der Waals surface area contributed by atoms with Crippen LogP contribution in [0.2, 0.25) is 0 Å². The lowest BCUT2D eigenvalue weighted by Gasteiger charge is -2.20. The molecule has 136 valence electrons. The van der Waals surface area contributed by atoms with Crippen LogP contribution in [0.3, 0.4) is 0 Å². The second-order valence-corrected chi connectivity index (χ2v) is 6.74. The van der Waals surface area contributed by atoms with E-state index in [1.165, 1.54) is 90.6 Å². The van der Waals surface area contributed by atoms with E-state index in [0.717, 1.165) is 0 Å². The lowest BCUT2D eigenvalue weighted by Crippen LogP contribution is -2.24. The third-order valence-corrected chi connectivity index (χ3v) is 4.49. The Kier molecular flexibility index (Phi) is 17.3. The van der Waals surface area contributed by atoms with Crippen molar-refractivity contribution in [2.24, 2.45) is 0 Å². The maximum absolute atomic E-state index is 2.39. The Bertz CT molecular complexity index is 187. The van der Waals surface area contributed by atoms with Gasteiger partial charge in [0.2, 0.25) is 0 Å². The Morgan fingerprint density at radius 2 is 0.545 bits per heavy atom. The normalized spacial score (nSPS) is 23.0. The molecule has 0 unspecified atom stereocenters. The maximum atomic E-state index is 2.39. The molecule has 0 saturated carbocycles. The third-order valence-electron chi connectivity index (χ3n) is 4.49. The van der Waals surface area contributed by atoms with Crippen LogP contribution in [0.25, 0.3) is 0 Å². The minimum absolute atomic E-state index is 0. The van der Waals surface area contributed by atoms with Gasteiger partial charge in [-0.25, -0.2) is 0 Å². The molecule has 0 aromatic carbocycles. The summed E-state index contributed by atoms with van der Waals surface area (Å²) in [6.45, 7) is 7.92. The Labute approximate surface area is 142 Å². The predicted octanol–water partition coefficient (Wildman–Crippen LogP) is 4.19. The van der Waals surface area contributed by atoms with Crippen molar-refractivity contribution in [2.45, 2.75) is 66.2 Å². The van der Waals surface area contributed by atoms with Gasteiger partial charge in [-0.15, -0.1) is 0 Å². The Morgan fingerprint density at radius 3 is 0.636 bits per heavy atom. The number of likely N-dealkylation sites (tertiary alicyclic amines) is 3. The standard InChI is InChI=1S/2C6H13N.C5H11N.2CH4/c2*1-7-5-3-2-4-6-7;1-6-4-2-3-5-6;;/h2*2-6H2,1H3;2-5H2,1H3;2*1H4. The summed E-state index contributed by atoms with van der Waals surface area (Å²) in [4.78, 5) is 7.15. The van der Waals surface area contributed by atoms with Gasteiger partial charge in [-0.2, -0.15) is 0 Å². The van der Waals surface area contributed by atoms with E-state index >= 15 is 0 Å². The molecule has 0 aromatic rings. The highest BCUT2D eigenvalue weighted by Gasteiger charge is 2.03. The van der Waals surface area contributed by atoms with Gasteiger partial charge in [0, 0.05) is 0 Å². The van der Waals surface area contributed by atoms with E-state index in [-0.39, 0.29) is 14.9 Å². The largest absolute Gasteiger partial charge is 0.306 e. The van der Waals surface area contributed by atoms with Gasteiger partial charge in [-0.1, -0.05) is 27.7 Å². The number of hydrogen-bond donors (Lipinski definition) is 0. The summed E-state index contributed by atoms with van der Waals surface area (Å²) in [6, 6.07) is 0. The molecule has 3 rings (SSSR count). The SMILES string of the molecule is C.C.CN1CCCC1.CN1CCCCC1.CN1CCCCC1. The van der Waals surface area contributed by atoms with Crippen molar-refractivity contribution in [2.75, 3.05) is 60.4 Å². The molecule has 3 heteroatoms. The number of rotatable bonds is 0. The van der Waals surface area contributed by atoms with Gasteiger partial charge in [-0.3, -0.25) is 0 Å². The molecule has 0 amide bonds. The van der Waals surface area contributed by atoms with E-state index < -0.39 is 0 Å². The Morgan fingerprint density at radius 1 is 0.364 bits per heavy atom. The highest BCUT2D eigenvalue weighted by Crippen LogP contribution is 2.05. The van der Waals surface area contributed by atoms with Crippen molar-refractivity contribution in [3.05, 3.63) is 0 Å². The van der Waals surface area contributed by atoms with E-state index in [1.54, 1.807) is 0 Å². The van der Waals surface area contributed by atoms with Crippen LogP contribution in [0.5, 0.6) is 0 Å². The summed E-state index contributed by atoms with van der Waals surface area (Å²) in [5, 5.41) is 0. The van der Waals surface area contributed by atoms with Crippen LogP contribution in [0.1, 0.15) is 66.2 Å². The molecule has 3 aliphatic heterocycles. The van der Waals surface area contributed by atoms with Gasteiger partial charge in [0.25, 0.3) is 0 Å². The summed E-state index contributed by atoms with van der Waals surface area (Å²) < 4.78 is 0. The summed E-state index contributed by atoms with van der Waals surface area (Å²) in [5.41, 5.74) is 0. The summed E-state index contributed by atoms with van der Waals surface area (Å²) in [5.74, 6) is 0. The molecule has 0 aromatic heterocycles. The molecular weight excluding hydrogens is 270 g/mol. The molecule has 0 spiro atoms. The molecule has 3 heterocycles. The van der Waals surface area contributed by atoms with Crippen LogP contribution in [0, 0.1) is 0 Å². The van der Waals surface area contributed by atoms with Crippen molar-refractivity contribution >= 4 is 0 Å². The smallest absolute Gasteiger partial charge is 0.00213 e. The zero-order chi connectivity index (χ0) is 14.6. The van der Waals surface area contributed by atoms with Crippen molar-refractivity contribution in [1.82, 2.24) is 14.7 Å². The van der Waals surface area contributed by atoms with Gasteiger partial charge in [0.1, 0.15) is 0 Å². The van der Waals surface area contributed by atoms with Crippen LogP contribution >= 0.6 is 0 Å². The average molecular weight is 316 g/mol. The van der Waals surface area contributed by atoms with Crippen molar-refractivity contribution in [3.8, 4) is 0 Å². The fourth-order valence-corrected chi connectivity index (χ4v) is 2.98. The molecule has 0 N–H and O–H groups in total. The van der Waals surface area contributed by atoms with Crippen molar-refractivity contribution in [3.63, 3.8) is 0 Å². The Balaban J connectivity index is 0. The highest BCUT2D eigenvalue weighted by atomic mass is 15.1. The molecule has 0 bridgehead atoms. The molecule has 3 saturated heterocycles. The zero-order valence-corrected chi connectivity index (χ0v) is 14.2. The van der Waals surface area contributed by atoms with Gasteiger partial charge in [0.15, 0.2) is 0 Å². The lowest BCUT2D eigenvalue weighted by molar-refractivity contribution is 0.277. The first kappa shape index (κ1) is 24.1. The summed E-state index contributed by atoms with van der Waals surface area (Å²) >= 11 is 0. The monoisotopic (exact) mass is 315 g/mol. The van der Waals surface area contributed by atoms with Crippen LogP contribution in [-0.2, 0) is 0 Å². The van der Waals surface area contributed by atoms with E-state index in [1.807, 2.05) is 0 Å². The topological polar surface area (TPSA) is 9.72 Å². The van der Waals surface area contributed by atoms with Crippen LogP contribution < -0.4 is 0 Å². The zero-order valence-electron chi connectivity index (χ0n) is 14.2. The lowest BCUT2D eigenvalue weighted by atomic mass is 10.1. The van der Waals surface area contributed by atoms with E-state index in [9.17, 15) is 0 Å². The summed E-state index contributed by atoms with van der Waals surface area (Å²) in [7, 11) is 6.56. The van der Waals surface area contributed by atoms with Gasteiger partial charge in [0.05, 0.1) is 0 Å². The first-order valence-corrected chi connectivity index (χ1v) is 8.74. The molecular formula is C19H45N3. The minimum Gasteiger partial charge on any atom is -0.306 e. The molecule has 22 heavy (non-hydrogen) atoms. The quantitative estimate of drug-likeness (QED) is 0.663. The fourth-order valence-electron chi connectivity index (χ4n) is 2.98. The van der Waals surface area contributed by atoms with E-state index in [2.05, 4.69) is 35.8 Å². The number of piperidine rings is 2. The van der Waals surface area contributed by atoms with Crippen LogP contribution in [-0.4, -0.2) is 75.1 Å². The van der Waals surface area contributed by atoms with Gasteiger partial charge < -0.3 is 14.7 Å². The predicted molar refractivity (Wildman–Crippen MR) is 103 cm³/mol. The molecule has 0 radical (unpaired) electrons. The molecule has 3 nitrogen and oxygen atoms in total. The second-order valence-electron chi connectivity index (χ2n) is 6.74. The molecule has 0 atom stereocenters. The Hall–Kier alpha value is -0.120. The average Bonchev–Trinajstić information content (AvgIpc) is 2.93. The first-order chi connectivity index (χ1) is 9.68. The van der Waals surface area contributed by atoms with Gasteiger partial charge in [-0.05, 0) is 98.9 Å². The number of hydrogen-bond acceptors (Lipinski definition) is 3. The molecule has 3 aliphatic rings. The highest BCUT2D eigenvalue weighted by molar-refractivity contribution is 4.60. The summed E-state index contributed by atoms with van der Waals surface area (Å²) in [6.07, 6.45) is 11.4. The van der Waals surface area contributed by atoms with Crippen LogP contribution in [0.4, 0.5) is 0 Å². The van der Waals surface area contributed by atoms with E-state index in [0.29, 0.717) is 0 Å². The fraction of sp³-hybridized carbons (Fsp3) is 1.00. The van der Waals surface area contributed by atoms with Crippen LogP contribution in [0.15, 0.2) is 0 Å². The van der Waals surface area contributed by atoms with Crippen molar-refractivity contribution in [1.29, 1.82) is 0 Å². The second kappa shape index (κ2) is 15.8. The first-order valence-electron chi connectivity index (χ1n) is 8.74. The minimum atomic E-state index is 0. The molecule has 3 fully saturated rings. The van der Waals surface area contributed by atoms with Gasteiger partial charge >= 0.3 is 0 Å². The van der Waals surface area contributed by atoms with Crippen molar-refractivity contribution < 1.29 is 0 Å². The third kappa shape index (κ3) is 13.5. The van der Waals surface area contributed by atoms with E-state index in [4.69, 9.17) is 0 Å². The molecule has 0 aliphatic carbocycles. The maximum Gasteiger partial charge on any atom is -0.00213 e.